The number of dihydropyridines is 1. The van der Waals surface area contributed by atoms with Crippen LogP contribution in [0.1, 0.15) is 55.6 Å². The van der Waals surface area contributed by atoms with Gasteiger partial charge in [-0.1, -0.05) is 24.3 Å². The second-order valence-corrected chi connectivity index (χ2v) is 8.38. The minimum absolute atomic E-state index is 0.134. The summed E-state index contributed by atoms with van der Waals surface area (Å²) < 4.78 is 19.2. The number of hydrogen-bond acceptors (Lipinski definition) is 4. The molecule has 4 nitrogen and oxygen atoms in total. The minimum Gasteiger partial charge on any atom is -0.489 e. The average molecular weight is 417 g/mol. The predicted octanol–water partition coefficient (Wildman–Crippen LogP) is 5.11. The van der Waals surface area contributed by atoms with Crippen molar-refractivity contribution in [1.29, 1.82) is 0 Å². The molecule has 3 aliphatic rings. The largest absolute Gasteiger partial charge is 0.489 e. The molecule has 0 saturated heterocycles. The van der Waals surface area contributed by atoms with E-state index in [2.05, 4.69) is 5.32 Å². The monoisotopic (exact) mass is 417 g/mol. The van der Waals surface area contributed by atoms with E-state index in [1.54, 1.807) is 6.07 Å². The van der Waals surface area contributed by atoms with Gasteiger partial charge in [0.25, 0.3) is 0 Å². The Bertz CT molecular complexity index is 1070. The zero-order chi connectivity index (χ0) is 21.4. The van der Waals surface area contributed by atoms with Crippen LogP contribution in [0.5, 0.6) is 5.75 Å². The van der Waals surface area contributed by atoms with Crippen molar-refractivity contribution in [1.82, 2.24) is 5.32 Å². The topological polar surface area (TPSA) is 55.4 Å². The van der Waals surface area contributed by atoms with Gasteiger partial charge >= 0.3 is 0 Å². The van der Waals surface area contributed by atoms with Crippen LogP contribution in [0.4, 0.5) is 4.39 Å². The maximum atomic E-state index is 13.4. The fourth-order valence-electron chi connectivity index (χ4n) is 4.87. The van der Waals surface area contributed by atoms with Gasteiger partial charge in [-0.3, -0.25) is 9.59 Å². The van der Waals surface area contributed by atoms with E-state index in [9.17, 15) is 14.0 Å². The summed E-state index contributed by atoms with van der Waals surface area (Å²) in [6, 6.07) is 13.9. The van der Waals surface area contributed by atoms with Crippen LogP contribution < -0.4 is 10.1 Å². The summed E-state index contributed by atoms with van der Waals surface area (Å²) in [6.07, 6.45) is 4.45. The lowest BCUT2D eigenvalue weighted by molar-refractivity contribution is -0.116. The van der Waals surface area contributed by atoms with Crippen molar-refractivity contribution in [3.8, 4) is 5.75 Å². The van der Waals surface area contributed by atoms with Crippen molar-refractivity contribution < 1.29 is 18.7 Å². The number of ether oxygens (including phenoxy) is 1. The highest BCUT2D eigenvalue weighted by Crippen LogP contribution is 2.45. The van der Waals surface area contributed by atoms with Crippen LogP contribution in [0.2, 0.25) is 0 Å². The van der Waals surface area contributed by atoms with E-state index in [0.29, 0.717) is 18.6 Å². The third-order valence-electron chi connectivity index (χ3n) is 6.30. The highest BCUT2D eigenvalue weighted by Gasteiger charge is 2.40. The summed E-state index contributed by atoms with van der Waals surface area (Å²) in [7, 11) is 0. The van der Waals surface area contributed by atoms with Crippen LogP contribution in [-0.4, -0.2) is 11.6 Å². The van der Waals surface area contributed by atoms with Gasteiger partial charge < -0.3 is 10.1 Å². The van der Waals surface area contributed by atoms with Crippen molar-refractivity contribution in [3.05, 3.63) is 88.0 Å². The lowest BCUT2D eigenvalue weighted by atomic mass is 9.71. The van der Waals surface area contributed by atoms with Crippen molar-refractivity contribution in [2.45, 2.75) is 51.0 Å². The van der Waals surface area contributed by atoms with E-state index in [0.717, 1.165) is 59.4 Å². The summed E-state index contributed by atoms with van der Waals surface area (Å²) in [6.45, 7) is 0.270. The number of Topliss-reactive ketones (excluding diaryl/α,β-unsaturated/α-hetero) is 2. The zero-order valence-corrected chi connectivity index (χ0v) is 17.2. The Morgan fingerprint density at radius 3 is 2.13 bits per heavy atom. The number of halogens is 1. The number of benzene rings is 2. The first-order valence-electron chi connectivity index (χ1n) is 10.9. The fraction of sp³-hybridized carbons (Fsp3) is 0.308. The predicted molar refractivity (Wildman–Crippen MR) is 115 cm³/mol. The normalized spacial score (nSPS) is 19.1. The number of nitrogens with one attached hydrogen (secondary N) is 1. The molecule has 0 unspecified atom stereocenters. The first-order chi connectivity index (χ1) is 15.1. The average Bonchev–Trinajstić information content (AvgIpc) is 2.77. The van der Waals surface area contributed by atoms with Crippen LogP contribution in [0.15, 0.2) is 71.1 Å². The van der Waals surface area contributed by atoms with Crippen molar-refractivity contribution in [2.75, 3.05) is 0 Å². The van der Waals surface area contributed by atoms with E-state index in [-0.39, 0.29) is 29.9 Å². The lowest BCUT2D eigenvalue weighted by Crippen LogP contribution is -2.36. The molecule has 31 heavy (non-hydrogen) atoms. The molecule has 158 valence electrons. The summed E-state index contributed by atoms with van der Waals surface area (Å²) in [5.41, 5.74) is 5.18. The molecule has 0 bridgehead atoms. The van der Waals surface area contributed by atoms with Gasteiger partial charge in [0.15, 0.2) is 11.6 Å². The van der Waals surface area contributed by atoms with Crippen molar-refractivity contribution in [2.24, 2.45) is 0 Å². The molecule has 0 radical (unpaired) electrons. The van der Waals surface area contributed by atoms with Gasteiger partial charge in [-0.15, -0.1) is 0 Å². The smallest absolute Gasteiger partial charge is 0.161 e. The zero-order valence-electron chi connectivity index (χ0n) is 17.2. The number of hydrogen-bond donors (Lipinski definition) is 1. The van der Waals surface area contributed by atoms with Gasteiger partial charge in [-0.05, 0) is 61.1 Å². The second kappa shape index (κ2) is 8.14. The lowest BCUT2D eigenvalue weighted by Gasteiger charge is -2.37. The van der Waals surface area contributed by atoms with Gasteiger partial charge in [-0.2, -0.15) is 0 Å². The van der Waals surface area contributed by atoms with E-state index >= 15 is 0 Å². The summed E-state index contributed by atoms with van der Waals surface area (Å²) in [5.74, 6) is 0.342. The Labute approximate surface area is 180 Å². The first kappa shape index (κ1) is 19.7. The van der Waals surface area contributed by atoms with Crippen molar-refractivity contribution >= 4 is 11.6 Å². The molecule has 2 aliphatic carbocycles. The number of ketones is 2. The highest BCUT2D eigenvalue weighted by atomic mass is 19.1. The van der Waals surface area contributed by atoms with Gasteiger partial charge in [0.05, 0.1) is 0 Å². The Morgan fingerprint density at radius 2 is 1.52 bits per heavy atom. The number of carbonyl (C=O) groups excluding carboxylic acids is 2. The first-order valence-corrected chi connectivity index (χ1v) is 10.9. The maximum Gasteiger partial charge on any atom is 0.161 e. The SMILES string of the molecule is O=C1CCCC2=C1C(c1ccc(OCc3cccc(F)c3)cc1)C1=C(CCCC1=O)N2. The molecule has 0 aromatic heterocycles. The Morgan fingerprint density at radius 1 is 0.871 bits per heavy atom. The molecule has 0 spiro atoms. The highest BCUT2D eigenvalue weighted by molar-refractivity contribution is 6.06. The van der Waals surface area contributed by atoms with E-state index in [4.69, 9.17) is 4.74 Å². The molecule has 1 heterocycles. The molecule has 5 heteroatoms. The van der Waals surface area contributed by atoms with E-state index in [1.165, 1.54) is 12.1 Å². The Balaban J connectivity index is 1.44. The summed E-state index contributed by atoms with van der Waals surface area (Å²) in [5, 5.41) is 3.43. The molecule has 2 aromatic carbocycles. The molecule has 0 amide bonds. The molecule has 1 N–H and O–H groups in total. The maximum absolute atomic E-state index is 13.4. The van der Waals surface area contributed by atoms with E-state index in [1.807, 2.05) is 30.3 Å². The van der Waals surface area contributed by atoms with E-state index < -0.39 is 0 Å². The molecule has 2 aromatic rings. The number of rotatable bonds is 4. The fourth-order valence-corrected chi connectivity index (χ4v) is 4.87. The van der Waals surface area contributed by atoms with Gasteiger partial charge in [-0.25, -0.2) is 4.39 Å². The number of allylic oxidation sites excluding steroid dienone is 4. The van der Waals surface area contributed by atoms with Crippen LogP contribution >= 0.6 is 0 Å². The Kier molecular flexibility index (Phi) is 5.18. The quantitative estimate of drug-likeness (QED) is 0.752. The van der Waals surface area contributed by atoms with Crippen LogP contribution in [0.25, 0.3) is 0 Å². The molecular weight excluding hydrogens is 393 g/mol. The third kappa shape index (κ3) is 3.80. The molecule has 1 aliphatic heterocycles. The number of carbonyl (C=O) groups is 2. The molecule has 5 rings (SSSR count). The molecule has 0 atom stereocenters. The standard InChI is InChI=1S/C26H24FNO3/c27-18-5-1-4-16(14-18)15-31-19-12-10-17(11-13-19)24-25-20(6-2-8-22(25)29)28-21-7-3-9-23(30)26(21)24/h1,4-5,10-14,24,28H,2-3,6-9,15H2. The minimum atomic E-state index is -0.302. The third-order valence-corrected chi connectivity index (χ3v) is 6.30. The summed E-state index contributed by atoms with van der Waals surface area (Å²) >= 11 is 0. The van der Waals surface area contributed by atoms with Gasteiger partial charge in [0.1, 0.15) is 18.2 Å². The Hall–Kier alpha value is -3.21. The molecule has 0 fully saturated rings. The van der Waals surface area contributed by atoms with Crippen LogP contribution in [0, 0.1) is 5.82 Å². The van der Waals surface area contributed by atoms with Crippen LogP contribution in [-0.2, 0) is 16.2 Å². The summed E-state index contributed by atoms with van der Waals surface area (Å²) in [4.78, 5) is 25.7. The van der Waals surface area contributed by atoms with Crippen LogP contribution in [0.3, 0.4) is 0 Å². The van der Waals surface area contributed by atoms with Crippen molar-refractivity contribution in [3.63, 3.8) is 0 Å². The molecular formula is C26H24FNO3. The van der Waals surface area contributed by atoms with Gasteiger partial charge in [0.2, 0.25) is 0 Å². The van der Waals surface area contributed by atoms with Gasteiger partial charge in [0, 0.05) is 41.3 Å². The second-order valence-electron chi connectivity index (χ2n) is 8.38. The molecule has 0 saturated carbocycles.